The summed E-state index contributed by atoms with van der Waals surface area (Å²) in [7, 11) is 1.80. The maximum atomic E-state index is 5.31. The number of rotatable bonds is 6. The average molecular weight is 490 g/mol. The second-order valence-corrected chi connectivity index (χ2v) is 7.67. The van der Waals surface area contributed by atoms with Gasteiger partial charge in [-0.05, 0) is 37.1 Å². The van der Waals surface area contributed by atoms with Gasteiger partial charge in [-0.15, -0.1) is 29.1 Å². The molecule has 0 spiro atoms. The van der Waals surface area contributed by atoms with E-state index in [1.165, 1.54) is 31.4 Å². The summed E-state index contributed by atoms with van der Waals surface area (Å²) in [5.74, 6) is 3.97. The van der Waals surface area contributed by atoms with Crippen molar-refractivity contribution >= 4 is 41.7 Å². The van der Waals surface area contributed by atoms with Gasteiger partial charge in [-0.3, -0.25) is 10.1 Å². The molecule has 0 bridgehead atoms. The first kappa shape index (κ1) is 21.1. The minimum absolute atomic E-state index is 0. The van der Waals surface area contributed by atoms with E-state index in [0.29, 0.717) is 24.2 Å². The van der Waals surface area contributed by atoms with Crippen molar-refractivity contribution in [3.05, 3.63) is 24.2 Å². The number of hydrogen-bond donors (Lipinski definition) is 3. The Kier molecular flexibility index (Phi) is 8.76. The molecule has 2 unspecified atom stereocenters. The molecule has 0 radical (unpaired) electrons. The van der Waals surface area contributed by atoms with Gasteiger partial charge in [0.25, 0.3) is 0 Å². The zero-order valence-corrected chi connectivity index (χ0v) is 18.3. The van der Waals surface area contributed by atoms with Crippen LogP contribution in [0.4, 0.5) is 0 Å². The Labute approximate surface area is 175 Å². The molecule has 1 saturated carbocycles. The lowest BCUT2D eigenvalue weighted by Gasteiger charge is -2.30. The van der Waals surface area contributed by atoms with Crippen LogP contribution in [0.15, 0.2) is 27.8 Å². The van der Waals surface area contributed by atoms with E-state index in [2.05, 4.69) is 49.5 Å². The smallest absolute Gasteiger partial charge is 0.216 e. The molecule has 2 aromatic rings. The maximum Gasteiger partial charge on any atom is 0.216 e. The molecule has 2 aromatic heterocycles. The van der Waals surface area contributed by atoms with E-state index in [0.717, 1.165) is 17.0 Å². The fourth-order valence-electron chi connectivity index (χ4n) is 3.11. The van der Waals surface area contributed by atoms with E-state index in [1.54, 1.807) is 13.3 Å². The average Bonchev–Trinajstić information content (AvgIpc) is 3.30. The molecule has 144 valence electrons. The van der Waals surface area contributed by atoms with Crippen LogP contribution in [0.25, 0.3) is 11.6 Å². The third-order valence-electron chi connectivity index (χ3n) is 4.29. The van der Waals surface area contributed by atoms with E-state index in [-0.39, 0.29) is 24.0 Å². The number of nitrogens with one attached hydrogen (secondary N) is 3. The topological polar surface area (TPSA) is 91.1 Å². The number of nitrogens with zero attached hydrogens (tertiary/aromatic N) is 3. The zero-order valence-electron chi connectivity index (χ0n) is 15.2. The van der Waals surface area contributed by atoms with E-state index in [4.69, 9.17) is 4.42 Å². The molecule has 1 fully saturated rings. The molecule has 1 aliphatic rings. The van der Waals surface area contributed by atoms with Crippen molar-refractivity contribution in [3.8, 4) is 11.6 Å². The summed E-state index contributed by atoms with van der Waals surface area (Å²) in [6, 6.07) is 4.15. The van der Waals surface area contributed by atoms with Crippen LogP contribution < -0.4 is 10.6 Å². The van der Waals surface area contributed by atoms with E-state index in [1.807, 2.05) is 12.1 Å². The first-order chi connectivity index (χ1) is 12.3. The SMILES string of the molecule is CCSC1CCCC(NC(=NC)NCc2nc(-c3ccco3)n[nH]2)C1.I. The molecule has 0 amide bonds. The first-order valence-corrected chi connectivity index (χ1v) is 9.87. The Hall–Kier alpha value is -1.23. The summed E-state index contributed by atoms with van der Waals surface area (Å²) >= 11 is 2.07. The van der Waals surface area contributed by atoms with Gasteiger partial charge in [0.1, 0.15) is 5.82 Å². The largest absolute Gasteiger partial charge is 0.461 e. The third-order valence-corrected chi connectivity index (χ3v) is 5.52. The highest BCUT2D eigenvalue weighted by Gasteiger charge is 2.22. The quantitative estimate of drug-likeness (QED) is 0.327. The number of furan rings is 1. The van der Waals surface area contributed by atoms with Gasteiger partial charge in [-0.2, -0.15) is 11.8 Å². The minimum Gasteiger partial charge on any atom is -0.461 e. The minimum atomic E-state index is 0. The van der Waals surface area contributed by atoms with Crippen LogP contribution in [0.3, 0.4) is 0 Å². The molecule has 1 aliphatic carbocycles. The molecular formula is C17H27IN6OS. The van der Waals surface area contributed by atoms with Crippen LogP contribution in [-0.4, -0.2) is 45.2 Å². The Balaban J connectivity index is 0.00000243. The number of aromatic amines is 1. The van der Waals surface area contributed by atoms with Crippen molar-refractivity contribution in [3.63, 3.8) is 0 Å². The Bertz CT molecular complexity index is 673. The van der Waals surface area contributed by atoms with Gasteiger partial charge in [0.15, 0.2) is 11.7 Å². The molecule has 0 aromatic carbocycles. The van der Waals surface area contributed by atoms with Gasteiger partial charge in [0.05, 0.1) is 12.8 Å². The lowest BCUT2D eigenvalue weighted by Crippen LogP contribution is -2.45. The summed E-state index contributed by atoms with van der Waals surface area (Å²) in [6.07, 6.45) is 6.62. The molecule has 3 N–H and O–H groups in total. The summed E-state index contributed by atoms with van der Waals surface area (Å²) in [6.45, 7) is 2.77. The molecule has 2 heterocycles. The Morgan fingerprint density at radius 3 is 3.08 bits per heavy atom. The van der Waals surface area contributed by atoms with Crippen molar-refractivity contribution in [1.82, 2.24) is 25.8 Å². The van der Waals surface area contributed by atoms with Crippen LogP contribution in [-0.2, 0) is 6.54 Å². The van der Waals surface area contributed by atoms with Crippen molar-refractivity contribution < 1.29 is 4.42 Å². The molecule has 3 rings (SSSR count). The molecule has 9 heteroatoms. The first-order valence-electron chi connectivity index (χ1n) is 8.82. The van der Waals surface area contributed by atoms with Gasteiger partial charge in [0, 0.05) is 18.3 Å². The second-order valence-electron chi connectivity index (χ2n) is 6.09. The fourth-order valence-corrected chi connectivity index (χ4v) is 4.28. The van der Waals surface area contributed by atoms with Crippen molar-refractivity contribution in [2.45, 2.75) is 50.4 Å². The number of hydrogen-bond acceptors (Lipinski definition) is 5. The van der Waals surface area contributed by atoms with Gasteiger partial charge >= 0.3 is 0 Å². The standard InChI is InChI=1S/C17H26N6OS.HI/c1-3-25-13-7-4-6-12(10-13)20-17(18-2)19-11-15-21-16(23-22-15)14-8-5-9-24-14;/h5,8-9,12-13H,3-4,6-7,10-11H2,1-2H3,(H2,18,19,20)(H,21,22,23);1H. The van der Waals surface area contributed by atoms with Crippen LogP contribution >= 0.6 is 35.7 Å². The van der Waals surface area contributed by atoms with E-state index < -0.39 is 0 Å². The second kappa shape index (κ2) is 10.8. The van der Waals surface area contributed by atoms with E-state index >= 15 is 0 Å². The Morgan fingerprint density at radius 2 is 2.35 bits per heavy atom. The van der Waals surface area contributed by atoms with Crippen LogP contribution in [0.1, 0.15) is 38.4 Å². The van der Waals surface area contributed by atoms with Crippen LogP contribution in [0.2, 0.25) is 0 Å². The van der Waals surface area contributed by atoms with Crippen LogP contribution in [0, 0.1) is 0 Å². The normalized spacial score (nSPS) is 20.5. The number of guanidine groups is 1. The number of aliphatic imine (C=N–C) groups is 1. The third kappa shape index (κ3) is 5.90. The van der Waals surface area contributed by atoms with E-state index in [9.17, 15) is 0 Å². The molecule has 26 heavy (non-hydrogen) atoms. The zero-order chi connectivity index (χ0) is 17.5. The highest BCUT2D eigenvalue weighted by Crippen LogP contribution is 2.28. The summed E-state index contributed by atoms with van der Waals surface area (Å²) < 4.78 is 5.31. The molecule has 0 aliphatic heterocycles. The number of H-pyrrole nitrogens is 1. The predicted octanol–water partition coefficient (Wildman–Crippen LogP) is 3.41. The summed E-state index contributed by atoms with van der Waals surface area (Å²) in [5, 5.41) is 14.7. The summed E-state index contributed by atoms with van der Waals surface area (Å²) in [5.41, 5.74) is 0. The summed E-state index contributed by atoms with van der Waals surface area (Å²) in [4.78, 5) is 8.77. The molecule has 2 atom stereocenters. The number of thioether (sulfide) groups is 1. The predicted molar refractivity (Wildman–Crippen MR) is 117 cm³/mol. The maximum absolute atomic E-state index is 5.31. The van der Waals surface area contributed by atoms with Gasteiger partial charge in [-0.1, -0.05) is 13.3 Å². The van der Waals surface area contributed by atoms with Crippen molar-refractivity contribution in [2.75, 3.05) is 12.8 Å². The monoisotopic (exact) mass is 490 g/mol. The lowest BCUT2D eigenvalue weighted by atomic mass is 9.95. The Morgan fingerprint density at radius 1 is 1.46 bits per heavy atom. The molecular weight excluding hydrogens is 463 g/mol. The lowest BCUT2D eigenvalue weighted by molar-refractivity contribution is 0.418. The fraction of sp³-hybridized carbons (Fsp3) is 0.588. The number of aromatic nitrogens is 3. The van der Waals surface area contributed by atoms with Gasteiger partial charge in [-0.25, -0.2) is 4.98 Å². The highest BCUT2D eigenvalue weighted by molar-refractivity contribution is 14.0. The van der Waals surface area contributed by atoms with Crippen molar-refractivity contribution in [1.29, 1.82) is 0 Å². The van der Waals surface area contributed by atoms with Gasteiger partial charge in [0.2, 0.25) is 5.82 Å². The number of halogens is 1. The van der Waals surface area contributed by atoms with Gasteiger partial charge < -0.3 is 15.1 Å². The molecule has 0 saturated heterocycles. The van der Waals surface area contributed by atoms with Crippen molar-refractivity contribution in [2.24, 2.45) is 4.99 Å². The molecule has 7 nitrogen and oxygen atoms in total. The highest BCUT2D eigenvalue weighted by atomic mass is 127. The van der Waals surface area contributed by atoms with Crippen LogP contribution in [0.5, 0.6) is 0 Å².